The van der Waals surface area contributed by atoms with Gasteiger partial charge in [0.2, 0.25) is 0 Å². The maximum Gasteiger partial charge on any atom is 0.262 e. The van der Waals surface area contributed by atoms with Crippen LogP contribution in [0.2, 0.25) is 0 Å². The molecule has 0 bridgehead atoms. The summed E-state index contributed by atoms with van der Waals surface area (Å²) >= 11 is 1.55. The van der Waals surface area contributed by atoms with Crippen molar-refractivity contribution in [2.24, 2.45) is 0 Å². The van der Waals surface area contributed by atoms with E-state index in [2.05, 4.69) is 17.0 Å². The van der Waals surface area contributed by atoms with Gasteiger partial charge in [-0.1, -0.05) is 42.1 Å². The lowest BCUT2D eigenvalue weighted by molar-refractivity contribution is 0.282. The minimum Gasteiger partial charge on any atom is -0.494 e. The molecule has 0 N–H and O–H groups in total. The van der Waals surface area contributed by atoms with E-state index in [1.54, 1.807) is 28.7 Å². The smallest absolute Gasteiger partial charge is 0.262 e. The molecule has 166 valence electrons. The minimum absolute atomic E-state index is 0.0966. The van der Waals surface area contributed by atoms with Gasteiger partial charge in [0.05, 0.1) is 30.3 Å². The van der Waals surface area contributed by atoms with Crippen LogP contribution in [0.5, 0.6) is 5.75 Å². The van der Waals surface area contributed by atoms with Crippen molar-refractivity contribution in [3.8, 4) is 5.75 Å². The van der Waals surface area contributed by atoms with Crippen LogP contribution in [0, 0.1) is 0 Å². The van der Waals surface area contributed by atoms with Crippen LogP contribution in [0.3, 0.4) is 0 Å². The fraction of sp³-hybridized carbons (Fsp3) is 0.280. The molecule has 0 saturated carbocycles. The third kappa shape index (κ3) is 5.60. The first-order valence-corrected chi connectivity index (χ1v) is 11.6. The molecular formula is C25H27N3O3S. The van der Waals surface area contributed by atoms with Gasteiger partial charge < -0.3 is 14.1 Å². The molecule has 0 spiro atoms. The summed E-state index contributed by atoms with van der Waals surface area (Å²) in [6.07, 6.45) is 2.53. The summed E-state index contributed by atoms with van der Waals surface area (Å²) in [5.41, 5.74) is 1.75. The molecule has 0 saturated heterocycles. The topological polar surface area (TPSA) is 60.5 Å². The number of hydrogen-bond donors (Lipinski definition) is 0. The molecule has 2 aromatic carbocycles. The van der Waals surface area contributed by atoms with Crippen LogP contribution in [-0.2, 0) is 12.3 Å². The average Bonchev–Trinajstić information content (AvgIpc) is 3.31. The van der Waals surface area contributed by atoms with Crippen LogP contribution < -0.4 is 10.3 Å². The van der Waals surface area contributed by atoms with E-state index < -0.39 is 0 Å². The molecule has 2 aromatic heterocycles. The van der Waals surface area contributed by atoms with Gasteiger partial charge in [-0.2, -0.15) is 0 Å². The zero-order valence-corrected chi connectivity index (χ0v) is 19.2. The van der Waals surface area contributed by atoms with Crippen LogP contribution in [0.1, 0.15) is 17.7 Å². The highest BCUT2D eigenvalue weighted by atomic mass is 32.2. The lowest BCUT2D eigenvalue weighted by Crippen LogP contribution is -2.24. The number of fused-ring (bicyclic) bond motifs is 1. The zero-order chi connectivity index (χ0) is 22.3. The molecule has 2 heterocycles. The molecule has 4 aromatic rings. The first-order valence-electron chi connectivity index (χ1n) is 10.6. The summed E-state index contributed by atoms with van der Waals surface area (Å²) in [6.45, 7) is 1.88. The summed E-state index contributed by atoms with van der Waals surface area (Å²) < 4.78 is 13.1. The van der Waals surface area contributed by atoms with E-state index in [4.69, 9.17) is 14.1 Å². The number of benzene rings is 2. The lowest BCUT2D eigenvalue weighted by Gasteiger charge is -2.14. The minimum atomic E-state index is -0.0966. The standard InChI is InChI=1S/C25H27N3O3S/c1-27(2)13-7-15-30-20-11-12-23-22(16-20)24(29)28(17-21-10-6-14-31-21)25(26-23)32-18-19-8-4-3-5-9-19/h3-6,8-12,14,16H,7,13,15,17-18H2,1-2H3. The lowest BCUT2D eigenvalue weighted by atomic mass is 10.2. The summed E-state index contributed by atoms with van der Waals surface area (Å²) in [4.78, 5) is 20.4. The molecule has 0 atom stereocenters. The molecule has 32 heavy (non-hydrogen) atoms. The van der Waals surface area contributed by atoms with Gasteiger partial charge in [-0.05, 0) is 56.4 Å². The predicted octanol–water partition coefficient (Wildman–Crippen LogP) is 4.66. The maximum atomic E-state index is 13.5. The van der Waals surface area contributed by atoms with Crippen molar-refractivity contribution in [2.45, 2.75) is 23.9 Å². The van der Waals surface area contributed by atoms with E-state index in [1.807, 2.05) is 56.6 Å². The molecule has 0 amide bonds. The number of ether oxygens (including phenoxy) is 1. The number of rotatable bonds is 10. The van der Waals surface area contributed by atoms with Gasteiger partial charge >= 0.3 is 0 Å². The van der Waals surface area contributed by atoms with E-state index in [9.17, 15) is 4.79 Å². The summed E-state index contributed by atoms with van der Waals surface area (Å²) in [6, 6.07) is 19.4. The van der Waals surface area contributed by atoms with Gasteiger partial charge in [0.15, 0.2) is 5.16 Å². The molecule has 0 aliphatic rings. The van der Waals surface area contributed by atoms with Gasteiger partial charge in [0.1, 0.15) is 11.5 Å². The van der Waals surface area contributed by atoms with E-state index in [0.29, 0.717) is 40.7 Å². The van der Waals surface area contributed by atoms with Gasteiger partial charge in [-0.3, -0.25) is 9.36 Å². The van der Waals surface area contributed by atoms with Gasteiger partial charge in [-0.25, -0.2) is 4.98 Å². The van der Waals surface area contributed by atoms with Crippen LogP contribution in [-0.4, -0.2) is 41.7 Å². The van der Waals surface area contributed by atoms with Crippen molar-refractivity contribution in [1.82, 2.24) is 14.5 Å². The maximum absolute atomic E-state index is 13.5. The van der Waals surface area contributed by atoms with E-state index in [0.717, 1.165) is 18.7 Å². The second-order valence-electron chi connectivity index (χ2n) is 7.82. The Labute approximate surface area is 191 Å². The number of thioether (sulfide) groups is 1. The van der Waals surface area contributed by atoms with Crippen LogP contribution >= 0.6 is 11.8 Å². The first-order chi connectivity index (χ1) is 15.6. The summed E-state index contributed by atoms with van der Waals surface area (Å²) in [7, 11) is 4.08. The quantitative estimate of drug-likeness (QED) is 0.199. The number of aromatic nitrogens is 2. The van der Waals surface area contributed by atoms with Crippen molar-refractivity contribution in [1.29, 1.82) is 0 Å². The Balaban J connectivity index is 1.63. The van der Waals surface area contributed by atoms with Crippen molar-refractivity contribution < 1.29 is 9.15 Å². The monoisotopic (exact) mass is 449 g/mol. The highest BCUT2D eigenvalue weighted by Gasteiger charge is 2.14. The molecule has 7 heteroatoms. The Morgan fingerprint density at radius 3 is 2.69 bits per heavy atom. The normalized spacial score (nSPS) is 11.3. The van der Waals surface area contributed by atoms with Crippen LogP contribution in [0.25, 0.3) is 10.9 Å². The van der Waals surface area contributed by atoms with E-state index in [-0.39, 0.29) is 5.56 Å². The molecule has 4 rings (SSSR count). The first kappa shape index (κ1) is 22.2. The fourth-order valence-corrected chi connectivity index (χ4v) is 4.32. The van der Waals surface area contributed by atoms with Crippen molar-refractivity contribution in [3.05, 3.63) is 88.6 Å². The highest BCUT2D eigenvalue weighted by molar-refractivity contribution is 7.98. The van der Waals surface area contributed by atoms with Gasteiger partial charge in [0.25, 0.3) is 5.56 Å². The van der Waals surface area contributed by atoms with Crippen molar-refractivity contribution in [3.63, 3.8) is 0 Å². The molecule has 0 unspecified atom stereocenters. The fourth-order valence-electron chi connectivity index (χ4n) is 3.37. The predicted molar refractivity (Wildman–Crippen MR) is 128 cm³/mol. The Kier molecular flexibility index (Phi) is 7.29. The molecule has 0 aliphatic carbocycles. The average molecular weight is 450 g/mol. The molecule has 0 fully saturated rings. The van der Waals surface area contributed by atoms with E-state index in [1.165, 1.54) is 5.56 Å². The van der Waals surface area contributed by atoms with E-state index >= 15 is 0 Å². The number of furan rings is 1. The van der Waals surface area contributed by atoms with Crippen molar-refractivity contribution in [2.75, 3.05) is 27.2 Å². The summed E-state index contributed by atoms with van der Waals surface area (Å²) in [5.74, 6) is 2.12. The second kappa shape index (κ2) is 10.5. The van der Waals surface area contributed by atoms with Crippen LogP contribution in [0.15, 0.2) is 81.3 Å². The Morgan fingerprint density at radius 1 is 1.09 bits per heavy atom. The largest absolute Gasteiger partial charge is 0.494 e. The second-order valence-corrected chi connectivity index (χ2v) is 8.77. The van der Waals surface area contributed by atoms with Gasteiger partial charge in [-0.15, -0.1) is 0 Å². The van der Waals surface area contributed by atoms with Crippen LogP contribution in [0.4, 0.5) is 0 Å². The molecular weight excluding hydrogens is 422 g/mol. The number of hydrogen-bond acceptors (Lipinski definition) is 6. The Morgan fingerprint density at radius 2 is 1.94 bits per heavy atom. The third-order valence-corrected chi connectivity index (χ3v) is 6.06. The number of nitrogens with zero attached hydrogens (tertiary/aromatic N) is 3. The SMILES string of the molecule is CN(C)CCCOc1ccc2nc(SCc3ccccc3)n(Cc3ccco3)c(=O)c2c1. The highest BCUT2D eigenvalue weighted by Crippen LogP contribution is 2.25. The Bertz CT molecular complexity index is 1200. The molecule has 6 nitrogen and oxygen atoms in total. The molecule has 0 radical (unpaired) electrons. The zero-order valence-electron chi connectivity index (χ0n) is 18.4. The van der Waals surface area contributed by atoms with Gasteiger partial charge in [0, 0.05) is 12.3 Å². The van der Waals surface area contributed by atoms with Crippen molar-refractivity contribution >= 4 is 22.7 Å². The Hall–Kier alpha value is -3.03. The molecule has 0 aliphatic heterocycles. The summed E-state index contributed by atoms with van der Waals surface area (Å²) in [5, 5.41) is 1.22. The third-order valence-electron chi connectivity index (χ3n) is 5.01.